The van der Waals surface area contributed by atoms with Gasteiger partial charge in [0.1, 0.15) is 88.2 Å². The lowest BCUT2D eigenvalue weighted by Crippen LogP contribution is -2.66. The second-order valence-electron chi connectivity index (χ2n) is 34.1. The average Bonchev–Trinajstić information content (AvgIpc) is 0.793. The highest BCUT2D eigenvalue weighted by Gasteiger charge is 2.55. The fraction of sp³-hybridized carbons (Fsp3) is 0.798. The quantitative estimate of drug-likeness (QED) is 0.0128. The van der Waals surface area contributed by atoms with Crippen molar-refractivity contribution in [3.63, 3.8) is 0 Å². The number of hydrogen-bond donors (Lipinski definition) is 8. The highest BCUT2D eigenvalue weighted by Crippen LogP contribution is 2.46. The van der Waals surface area contributed by atoms with Crippen LogP contribution in [0, 0.1) is 12.3 Å². The molecule has 0 saturated carbocycles. The lowest BCUT2D eigenvalue weighted by molar-refractivity contribution is -0.279. The summed E-state index contributed by atoms with van der Waals surface area (Å²) in [7, 11) is -1.38. The molecule has 840 valence electrons. The van der Waals surface area contributed by atoms with E-state index in [9.17, 15) is 81.5 Å². The van der Waals surface area contributed by atoms with Gasteiger partial charge in [0.05, 0.1) is 132 Å². The highest BCUT2D eigenvalue weighted by atomic mass is 31.2. The number of terminal acetylenes is 1. The van der Waals surface area contributed by atoms with Crippen molar-refractivity contribution in [3.8, 4) is 12.3 Å². The average molecular weight is 2130 g/mol. The molecule has 0 spiro atoms. The molecule has 3 heterocycles. The molecule has 0 aliphatic carbocycles. The Morgan fingerprint density at radius 1 is 0.313 bits per heavy atom. The molecule has 1 unspecified atom stereocenters. The van der Waals surface area contributed by atoms with Crippen molar-refractivity contribution in [2.75, 3.05) is 191 Å². The van der Waals surface area contributed by atoms with Gasteiger partial charge in [-0.1, -0.05) is 12.8 Å². The Morgan fingerprint density at radius 3 is 0.912 bits per heavy atom. The van der Waals surface area contributed by atoms with Crippen molar-refractivity contribution in [2.24, 2.45) is 0 Å². The van der Waals surface area contributed by atoms with Crippen molar-refractivity contribution in [1.82, 2.24) is 47.2 Å². The molecule has 52 nitrogen and oxygen atoms in total. The van der Waals surface area contributed by atoms with Crippen LogP contribution in [0.5, 0.6) is 0 Å². The van der Waals surface area contributed by atoms with Gasteiger partial charge in [0, 0.05) is 121 Å². The Bertz CT molecular complexity index is 3980. The fourth-order valence-corrected chi connectivity index (χ4v) is 16.3. The molecule has 0 radical (unpaired) electrons. The van der Waals surface area contributed by atoms with Crippen LogP contribution >= 0.6 is 8.53 Å². The third kappa shape index (κ3) is 59.5. The van der Waals surface area contributed by atoms with Gasteiger partial charge in [-0.2, -0.15) is 0 Å². The van der Waals surface area contributed by atoms with E-state index >= 15 is 0 Å². The van der Waals surface area contributed by atoms with E-state index in [1.807, 2.05) is 0 Å². The van der Waals surface area contributed by atoms with Crippen LogP contribution in [0.3, 0.4) is 0 Å². The number of hydrogen-bond acceptors (Lipinski definition) is 44. The lowest BCUT2D eigenvalue weighted by atomic mass is 9.96. The van der Waals surface area contributed by atoms with Crippen molar-refractivity contribution < 1.29 is 204 Å². The fourth-order valence-electron chi connectivity index (χ4n) is 14.7. The van der Waals surface area contributed by atoms with Gasteiger partial charge in [0.25, 0.3) is 8.53 Å². The minimum atomic E-state index is -1.38. The standard InChI is InChI=1S/C94H156N9O43P/c1-18-19-33-136-147(103(59(2)3)60(4)5)137-34-27-21-20-24-32-97-90(119)73(28-22-25-30-95-78(116)56-127-44-41-121-35-38-124-47-50-130-92-81(98-61(6)104)87(141-70(15)113)84(138-67(12)110)75(144-92)53-133-64(9)107)102-91(120)74(101-80(118)58-129-46-43-123-37-40-126-49-52-132-94-83(100-63(8)106)89(143-72(17)115)86(140-69(14)112)77(146-94)55-135-66(11)109)29-23-26-31-96-79(117)57-128-45-42-122-36-39-125-48-51-131-93-82(99-62(7)105)88(142-71(16)114)85(139-68(13)111)76(145-93)54-134-65(10)108/h1,59-60,73-77,81-89,92-94H,19-58H2,2-17H3,(H,95,116)(H,96,117)(H,97,119)(H,98,104)(H,99,105)(H,100,106)(H,101,118)(H,102,120)/t73-,74-,75+,76+,77+,81+,82+,83+,84-,85-,86-,87+,88+,89+,92+,93+,94+,147?/m0/s1. The van der Waals surface area contributed by atoms with Crippen LogP contribution in [0.4, 0.5) is 0 Å². The van der Waals surface area contributed by atoms with E-state index in [4.69, 9.17) is 129 Å². The molecule has 53 heteroatoms. The van der Waals surface area contributed by atoms with E-state index in [0.29, 0.717) is 58.2 Å². The lowest BCUT2D eigenvalue weighted by Gasteiger charge is -2.44. The molecule has 0 bridgehead atoms. The maximum Gasteiger partial charge on any atom is 0.303 e. The van der Waals surface area contributed by atoms with Crippen LogP contribution in [-0.2, 0) is 204 Å². The van der Waals surface area contributed by atoms with E-state index in [0.717, 1.165) is 68.7 Å². The smallest absolute Gasteiger partial charge is 0.303 e. The molecular formula is C94H156N9O43P. The second-order valence-corrected chi connectivity index (χ2v) is 35.6. The van der Waals surface area contributed by atoms with Crippen molar-refractivity contribution in [2.45, 2.75) is 298 Å². The predicted molar refractivity (Wildman–Crippen MR) is 511 cm³/mol. The molecule has 3 aliphatic rings. The van der Waals surface area contributed by atoms with Gasteiger partial charge in [-0.25, -0.2) is 4.67 Å². The third-order valence-corrected chi connectivity index (χ3v) is 22.8. The topological polar surface area (TPSA) is 630 Å². The molecule has 8 N–H and O–H groups in total. The summed E-state index contributed by atoms with van der Waals surface area (Å²) in [6, 6.07) is -5.61. The van der Waals surface area contributed by atoms with Crippen molar-refractivity contribution >= 4 is 110 Å². The molecule has 3 fully saturated rings. The molecule has 3 aliphatic heterocycles. The largest absolute Gasteiger partial charge is 0.463 e. The zero-order chi connectivity index (χ0) is 109. The van der Waals surface area contributed by atoms with Gasteiger partial charge in [-0.05, 0) is 79.1 Å². The second kappa shape index (κ2) is 77.6. The summed E-state index contributed by atoms with van der Waals surface area (Å²) in [5.74, 6) is -8.52. The molecule has 8 amide bonds. The Morgan fingerprint density at radius 2 is 0.599 bits per heavy atom. The maximum absolute atomic E-state index is 14.6. The first kappa shape index (κ1) is 131. The van der Waals surface area contributed by atoms with Crippen LogP contribution in [-0.4, -0.2) is 413 Å². The number of carbonyl (C=O) groups is 17. The SMILES string of the molecule is C#CCCOP(OCCCCCCNC(=O)[C@H](CCCCNC(=O)COCCOCCOCCO[C@@H]1O[C@H](COC(C)=O)[C@H](OC(C)=O)[C@H](OC(C)=O)[C@H]1NC(C)=O)NC(=O)[C@H](CCCCNC(=O)COCCOCCOCCO[C@@H]1O[C@H](COC(C)=O)[C@H](OC(C)=O)[C@H](OC(C)=O)[C@H]1NC(C)=O)NC(=O)COCCOCCOCCO[C@@H]1O[C@H](COC(C)=O)[C@H](OC(C)=O)[C@H](OC(C)=O)[C@H]1NC(C)=O)N(C(C)C)C(C)C. The summed E-state index contributed by atoms with van der Waals surface area (Å²) in [6.45, 7) is 21.1. The van der Waals surface area contributed by atoms with Gasteiger partial charge < -0.3 is 165 Å². The van der Waals surface area contributed by atoms with Crippen LogP contribution < -0.4 is 42.5 Å². The number of unbranched alkanes of at least 4 members (excludes halogenated alkanes) is 5. The summed E-state index contributed by atoms with van der Waals surface area (Å²) in [5.41, 5.74) is 0. The minimum Gasteiger partial charge on any atom is -0.463 e. The number of rotatable bonds is 79. The Labute approximate surface area is 858 Å². The van der Waals surface area contributed by atoms with Gasteiger partial charge in [-0.3, -0.25) is 81.5 Å². The van der Waals surface area contributed by atoms with Crippen LogP contribution in [0.25, 0.3) is 0 Å². The maximum atomic E-state index is 14.6. The summed E-state index contributed by atoms with van der Waals surface area (Å²) in [6.07, 6.45) is -5.22. The molecule has 3 rings (SSSR count). The van der Waals surface area contributed by atoms with E-state index < -0.39 is 240 Å². The van der Waals surface area contributed by atoms with Crippen molar-refractivity contribution in [1.29, 1.82) is 0 Å². The van der Waals surface area contributed by atoms with Crippen LogP contribution in [0.2, 0.25) is 0 Å². The number of carbonyl (C=O) groups excluding carboxylic acids is 17. The van der Waals surface area contributed by atoms with Crippen LogP contribution in [0.1, 0.15) is 181 Å². The number of nitrogens with one attached hydrogen (secondary N) is 8. The summed E-state index contributed by atoms with van der Waals surface area (Å²) in [4.78, 5) is 214. The van der Waals surface area contributed by atoms with E-state index in [-0.39, 0.29) is 183 Å². The predicted octanol–water partition coefficient (Wildman–Crippen LogP) is -0.225. The highest BCUT2D eigenvalue weighted by molar-refractivity contribution is 7.44. The summed E-state index contributed by atoms with van der Waals surface area (Å²) < 4.78 is 149. The number of esters is 9. The van der Waals surface area contributed by atoms with Crippen LogP contribution in [0.15, 0.2) is 0 Å². The Balaban J connectivity index is 1.68. The summed E-state index contributed by atoms with van der Waals surface area (Å²) >= 11 is 0. The molecule has 0 aromatic carbocycles. The van der Waals surface area contributed by atoms with Gasteiger partial charge >= 0.3 is 53.7 Å². The molecular weight excluding hydrogens is 1970 g/mol. The van der Waals surface area contributed by atoms with E-state index in [2.05, 4.69) is 80.8 Å². The zero-order valence-electron chi connectivity index (χ0n) is 87.3. The summed E-state index contributed by atoms with van der Waals surface area (Å²) in [5, 5.41) is 21.9. The van der Waals surface area contributed by atoms with Gasteiger partial charge in [-0.15, -0.1) is 12.3 Å². The molecule has 0 aromatic rings. The van der Waals surface area contributed by atoms with E-state index in [1.165, 1.54) is 20.8 Å². The minimum absolute atomic E-state index is 0.00454. The molecule has 147 heavy (non-hydrogen) atoms. The zero-order valence-corrected chi connectivity index (χ0v) is 88.2. The first-order valence-electron chi connectivity index (χ1n) is 49.1. The van der Waals surface area contributed by atoms with Crippen molar-refractivity contribution in [3.05, 3.63) is 0 Å². The monoisotopic (exact) mass is 2130 g/mol. The molecule has 18 atom stereocenters. The van der Waals surface area contributed by atoms with E-state index in [1.54, 1.807) is 0 Å². The molecule has 3 saturated heterocycles. The number of amides is 8. The Kier molecular flexibility index (Phi) is 69.4. The third-order valence-electron chi connectivity index (χ3n) is 20.7. The number of nitrogens with zero attached hydrogens (tertiary/aromatic N) is 1. The first-order chi connectivity index (χ1) is 70.1. The Hall–Kier alpha value is -9.74. The number of ether oxygens (including phenoxy) is 24. The van der Waals surface area contributed by atoms with Gasteiger partial charge in [0.2, 0.25) is 47.3 Å². The first-order valence-corrected chi connectivity index (χ1v) is 50.2. The normalized spacial score (nSPS) is 21.2. The van der Waals surface area contributed by atoms with Gasteiger partial charge in [0.15, 0.2) is 55.5 Å². The molecule has 0 aromatic heterocycles.